The van der Waals surface area contributed by atoms with E-state index in [1.807, 2.05) is 60.6 Å². The molecule has 1 amide bonds. The van der Waals surface area contributed by atoms with E-state index < -0.39 is 17.3 Å². The van der Waals surface area contributed by atoms with Crippen molar-refractivity contribution in [2.24, 2.45) is 0 Å². The van der Waals surface area contributed by atoms with Crippen LogP contribution in [0.5, 0.6) is 0 Å². The Morgan fingerprint density at radius 2 is 1.72 bits per heavy atom. The van der Waals surface area contributed by atoms with Gasteiger partial charge in [-0.15, -0.1) is 0 Å². The second kappa shape index (κ2) is 7.39. The van der Waals surface area contributed by atoms with Crippen molar-refractivity contribution in [3.63, 3.8) is 0 Å². The monoisotopic (exact) mass is 400 g/mol. The van der Waals surface area contributed by atoms with Crippen LogP contribution in [0.3, 0.4) is 0 Å². The third-order valence-corrected chi connectivity index (χ3v) is 4.81. The molecule has 0 fully saturated rings. The van der Waals surface area contributed by atoms with Crippen LogP contribution in [-0.4, -0.2) is 34.0 Å². The molecule has 1 N–H and O–H groups in total. The van der Waals surface area contributed by atoms with Crippen molar-refractivity contribution >= 4 is 23.1 Å². The fourth-order valence-corrected chi connectivity index (χ4v) is 3.78. The smallest absolute Gasteiger partial charge is 0.419 e. The Morgan fingerprint density at radius 1 is 1.07 bits per heavy atom. The van der Waals surface area contributed by atoms with Crippen LogP contribution in [0.2, 0.25) is 0 Å². The van der Waals surface area contributed by atoms with E-state index in [0.717, 1.165) is 34.1 Å². The number of aryl methyl sites for hydroxylation is 1. The largest absolute Gasteiger partial charge is 0.444 e. The molecule has 2 aromatic rings. The molecule has 6 heteroatoms. The minimum Gasteiger partial charge on any atom is -0.444 e. The van der Waals surface area contributed by atoms with E-state index in [1.165, 1.54) is 0 Å². The maximum Gasteiger partial charge on any atom is 0.419 e. The van der Waals surface area contributed by atoms with Crippen LogP contribution >= 0.6 is 0 Å². The fraction of sp³-hybridized carbons (Fsp3) is 0.565. The van der Waals surface area contributed by atoms with Gasteiger partial charge in [0.15, 0.2) is 0 Å². The molecule has 1 aromatic carbocycles. The Kier molecular flexibility index (Phi) is 5.41. The van der Waals surface area contributed by atoms with Gasteiger partial charge >= 0.3 is 12.2 Å². The van der Waals surface area contributed by atoms with Gasteiger partial charge in [0.2, 0.25) is 0 Å². The average Bonchev–Trinajstić information content (AvgIpc) is 2.84. The van der Waals surface area contributed by atoms with Crippen LogP contribution in [0.15, 0.2) is 18.2 Å². The molecule has 1 aliphatic carbocycles. The molecule has 1 aliphatic rings. The van der Waals surface area contributed by atoms with Crippen LogP contribution in [-0.2, 0) is 22.3 Å². The van der Waals surface area contributed by atoms with Gasteiger partial charge in [-0.05, 0) is 84.9 Å². The number of rotatable bonds is 1. The van der Waals surface area contributed by atoms with Gasteiger partial charge < -0.3 is 14.8 Å². The van der Waals surface area contributed by atoms with Gasteiger partial charge in [0.1, 0.15) is 11.2 Å². The van der Waals surface area contributed by atoms with E-state index in [2.05, 4.69) is 11.4 Å². The second-order valence-corrected chi connectivity index (χ2v) is 9.85. The SMILES string of the molecule is Cc1ccc2c3c(n(C(=O)OC(C)(C)C)c2c1)CC[C@@H](NC(=O)OC(C)(C)C)C3. The summed E-state index contributed by atoms with van der Waals surface area (Å²) in [6.45, 7) is 13.2. The Balaban J connectivity index is 1.94. The first-order valence-electron chi connectivity index (χ1n) is 10.2. The summed E-state index contributed by atoms with van der Waals surface area (Å²) in [7, 11) is 0. The van der Waals surface area contributed by atoms with E-state index in [1.54, 1.807) is 4.57 Å². The number of benzene rings is 1. The van der Waals surface area contributed by atoms with Crippen molar-refractivity contribution in [2.45, 2.75) is 85.0 Å². The highest BCUT2D eigenvalue weighted by atomic mass is 16.6. The Bertz CT molecular complexity index is 944. The third kappa shape index (κ3) is 4.92. The second-order valence-electron chi connectivity index (χ2n) is 9.85. The number of ether oxygens (including phenoxy) is 2. The maximum atomic E-state index is 13.0. The third-order valence-electron chi connectivity index (χ3n) is 4.81. The van der Waals surface area contributed by atoms with Crippen molar-refractivity contribution in [1.29, 1.82) is 0 Å². The van der Waals surface area contributed by atoms with E-state index in [4.69, 9.17) is 9.47 Å². The molecule has 29 heavy (non-hydrogen) atoms. The number of nitrogens with one attached hydrogen (secondary N) is 1. The van der Waals surface area contributed by atoms with Crippen molar-refractivity contribution in [2.75, 3.05) is 0 Å². The van der Waals surface area contributed by atoms with E-state index in [9.17, 15) is 9.59 Å². The highest BCUT2D eigenvalue weighted by Crippen LogP contribution is 2.33. The summed E-state index contributed by atoms with van der Waals surface area (Å²) in [6, 6.07) is 6.09. The number of amides is 1. The number of hydrogen-bond donors (Lipinski definition) is 1. The van der Waals surface area contributed by atoms with E-state index in [0.29, 0.717) is 12.8 Å². The van der Waals surface area contributed by atoms with Gasteiger partial charge in [-0.25, -0.2) is 14.2 Å². The zero-order chi connectivity index (χ0) is 21.6. The Morgan fingerprint density at radius 3 is 2.34 bits per heavy atom. The van der Waals surface area contributed by atoms with Gasteiger partial charge in [-0.3, -0.25) is 0 Å². The number of nitrogens with zero attached hydrogens (tertiary/aromatic N) is 1. The summed E-state index contributed by atoms with van der Waals surface area (Å²) in [5, 5.41) is 4.02. The molecule has 1 heterocycles. The lowest BCUT2D eigenvalue weighted by Gasteiger charge is -2.27. The van der Waals surface area contributed by atoms with Crippen LogP contribution in [0, 0.1) is 6.92 Å². The topological polar surface area (TPSA) is 69.6 Å². The molecular weight excluding hydrogens is 368 g/mol. The Labute approximate surface area is 172 Å². The molecule has 0 bridgehead atoms. The average molecular weight is 401 g/mol. The maximum absolute atomic E-state index is 13.0. The summed E-state index contributed by atoms with van der Waals surface area (Å²) in [5.74, 6) is 0. The highest BCUT2D eigenvalue weighted by Gasteiger charge is 2.31. The molecule has 1 aromatic heterocycles. The summed E-state index contributed by atoms with van der Waals surface area (Å²) in [5.41, 5.74) is 2.91. The normalized spacial score (nSPS) is 17.0. The number of hydrogen-bond acceptors (Lipinski definition) is 4. The van der Waals surface area contributed by atoms with Gasteiger partial charge in [0, 0.05) is 17.1 Å². The quantitative estimate of drug-likeness (QED) is 0.722. The summed E-state index contributed by atoms with van der Waals surface area (Å²) in [6.07, 6.45) is 1.32. The molecule has 0 spiro atoms. The predicted octanol–water partition coefficient (Wildman–Crippen LogP) is 5.11. The molecule has 0 unspecified atom stereocenters. The fourth-order valence-electron chi connectivity index (χ4n) is 3.78. The van der Waals surface area contributed by atoms with Crippen molar-refractivity contribution in [3.05, 3.63) is 35.0 Å². The molecule has 0 aliphatic heterocycles. The number of carbonyl (C=O) groups excluding carboxylic acids is 2. The standard InChI is InChI=1S/C23H32N2O4/c1-14-8-10-16-17-13-15(24-20(26)28-22(2,3)4)9-11-18(17)25(19(16)12-14)21(27)29-23(5,6)7/h8,10,12,15H,9,11,13H2,1-7H3,(H,24,26)/t15-/m1/s1. The van der Waals surface area contributed by atoms with Crippen LogP contribution in [0.25, 0.3) is 10.9 Å². The molecule has 1 atom stereocenters. The first kappa shape index (κ1) is 21.2. The zero-order valence-corrected chi connectivity index (χ0v) is 18.5. The molecule has 158 valence electrons. The van der Waals surface area contributed by atoms with Gasteiger partial charge in [0.25, 0.3) is 0 Å². The lowest BCUT2D eigenvalue weighted by molar-refractivity contribution is 0.0490. The van der Waals surface area contributed by atoms with Gasteiger partial charge in [-0.2, -0.15) is 0 Å². The summed E-state index contributed by atoms with van der Waals surface area (Å²) < 4.78 is 12.8. The predicted molar refractivity (Wildman–Crippen MR) is 113 cm³/mol. The van der Waals surface area contributed by atoms with Crippen molar-refractivity contribution in [1.82, 2.24) is 9.88 Å². The van der Waals surface area contributed by atoms with Crippen LogP contribution in [0.4, 0.5) is 9.59 Å². The minimum absolute atomic E-state index is 0.0312. The lowest BCUT2D eigenvalue weighted by atomic mass is 9.91. The first-order valence-corrected chi connectivity index (χ1v) is 10.2. The molecule has 0 saturated carbocycles. The van der Waals surface area contributed by atoms with E-state index >= 15 is 0 Å². The van der Waals surface area contributed by atoms with Crippen LogP contribution < -0.4 is 5.32 Å². The minimum atomic E-state index is -0.570. The molecule has 0 radical (unpaired) electrons. The zero-order valence-electron chi connectivity index (χ0n) is 18.5. The number of fused-ring (bicyclic) bond motifs is 3. The Hall–Kier alpha value is -2.50. The summed E-state index contributed by atoms with van der Waals surface area (Å²) >= 11 is 0. The van der Waals surface area contributed by atoms with Crippen LogP contribution in [0.1, 0.15) is 64.8 Å². The summed E-state index contributed by atoms with van der Waals surface area (Å²) in [4.78, 5) is 25.2. The van der Waals surface area contributed by atoms with Crippen molar-refractivity contribution < 1.29 is 19.1 Å². The van der Waals surface area contributed by atoms with Gasteiger partial charge in [-0.1, -0.05) is 12.1 Å². The lowest BCUT2D eigenvalue weighted by Crippen LogP contribution is -2.42. The molecule has 6 nitrogen and oxygen atoms in total. The number of alkyl carbamates (subject to hydrolysis) is 1. The van der Waals surface area contributed by atoms with Gasteiger partial charge in [0.05, 0.1) is 5.52 Å². The first-order chi connectivity index (χ1) is 13.3. The molecular formula is C23H32N2O4. The highest BCUT2D eigenvalue weighted by molar-refractivity contribution is 5.94. The molecule has 3 rings (SSSR count). The number of aromatic nitrogens is 1. The molecule has 0 saturated heterocycles. The van der Waals surface area contributed by atoms with Crippen molar-refractivity contribution in [3.8, 4) is 0 Å². The number of carbonyl (C=O) groups is 2. The van der Waals surface area contributed by atoms with E-state index in [-0.39, 0.29) is 12.1 Å².